The zero-order valence-corrected chi connectivity index (χ0v) is 13.0. The fraction of sp³-hybridized carbons (Fsp3) is 0.111. The van der Waals surface area contributed by atoms with Crippen LogP contribution >= 0.6 is 11.8 Å². The van der Waals surface area contributed by atoms with Crippen LogP contribution in [-0.2, 0) is 12.2 Å². The predicted octanol–water partition coefficient (Wildman–Crippen LogP) is 3.94. The Labute approximate surface area is 134 Å². The molecule has 110 valence electrons. The quantitative estimate of drug-likeness (QED) is 0.573. The van der Waals surface area contributed by atoms with E-state index in [1.54, 1.807) is 11.8 Å². The highest BCUT2D eigenvalue weighted by Gasteiger charge is 2.05. The van der Waals surface area contributed by atoms with E-state index in [0.717, 1.165) is 23.0 Å². The molecule has 1 aromatic heterocycles. The minimum absolute atomic E-state index is 0.525. The molecule has 4 heteroatoms. The highest BCUT2D eigenvalue weighted by atomic mass is 32.2. The number of aromatic nitrogens is 2. The van der Waals surface area contributed by atoms with Crippen molar-refractivity contribution >= 4 is 17.6 Å². The summed E-state index contributed by atoms with van der Waals surface area (Å²) in [7, 11) is 0. The molecule has 1 heterocycles. The summed E-state index contributed by atoms with van der Waals surface area (Å²) in [6.45, 7) is 0. The van der Waals surface area contributed by atoms with Gasteiger partial charge in [0.05, 0.1) is 5.69 Å². The first-order chi connectivity index (χ1) is 10.8. The Bertz CT molecular complexity index is 730. The first-order valence-electron chi connectivity index (χ1n) is 7.14. The van der Waals surface area contributed by atoms with Gasteiger partial charge in [0.15, 0.2) is 5.16 Å². The lowest BCUT2D eigenvalue weighted by Gasteiger charge is -2.06. The highest BCUT2D eigenvalue weighted by Crippen LogP contribution is 2.21. The first-order valence-corrected chi connectivity index (χ1v) is 8.12. The van der Waals surface area contributed by atoms with Crippen molar-refractivity contribution in [3.63, 3.8) is 0 Å². The molecule has 0 saturated heterocycles. The van der Waals surface area contributed by atoms with Crippen molar-refractivity contribution in [1.29, 1.82) is 0 Å². The van der Waals surface area contributed by atoms with Crippen LogP contribution in [0.5, 0.6) is 0 Å². The molecule has 3 nitrogen and oxygen atoms in total. The van der Waals surface area contributed by atoms with E-state index in [-0.39, 0.29) is 0 Å². The van der Waals surface area contributed by atoms with E-state index in [2.05, 4.69) is 34.2 Å². The number of hydrogen-bond donors (Lipinski definition) is 1. The fourth-order valence-electron chi connectivity index (χ4n) is 2.18. The van der Waals surface area contributed by atoms with Gasteiger partial charge in [-0.2, -0.15) is 0 Å². The van der Waals surface area contributed by atoms with Crippen LogP contribution in [0.2, 0.25) is 0 Å². The average Bonchev–Trinajstić information content (AvgIpc) is 2.54. The predicted molar refractivity (Wildman–Crippen MR) is 91.7 cm³/mol. The molecule has 0 radical (unpaired) electrons. The van der Waals surface area contributed by atoms with Crippen LogP contribution in [0, 0.1) is 0 Å². The third-order valence-electron chi connectivity index (χ3n) is 3.22. The number of benzene rings is 2. The molecule has 0 aliphatic heterocycles. The molecule has 3 aromatic rings. The number of rotatable bonds is 5. The molecule has 3 rings (SSSR count). The Hall–Kier alpha value is -2.33. The van der Waals surface area contributed by atoms with Crippen molar-refractivity contribution in [1.82, 2.24) is 9.97 Å². The zero-order chi connectivity index (χ0) is 15.2. The molecular formula is C18H17N3S. The van der Waals surface area contributed by atoms with E-state index in [9.17, 15) is 0 Å². The third kappa shape index (κ3) is 4.09. The Kier molecular flexibility index (Phi) is 4.71. The lowest BCUT2D eigenvalue weighted by molar-refractivity contribution is 0.909. The molecule has 0 bridgehead atoms. The van der Waals surface area contributed by atoms with Gasteiger partial charge in [-0.1, -0.05) is 72.4 Å². The molecule has 22 heavy (non-hydrogen) atoms. The highest BCUT2D eigenvalue weighted by molar-refractivity contribution is 7.98. The molecule has 0 atom stereocenters. The minimum atomic E-state index is 0.525. The van der Waals surface area contributed by atoms with Crippen molar-refractivity contribution < 1.29 is 0 Å². The van der Waals surface area contributed by atoms with Gasteiger partial charge in [-0.15, -0.1) is 0 Å². The minimum Gasteiger partial charge on any atom is -0.384 e. The standard InChI is InChI=1S/C18H17N3S/c19-17-12-16(11-14-7-3-1-4-8-14)20-18(21-17)22-13-15-9-5-2-6-10-15/h1-10,12H,11,13H2,(H2,19,20,21). The molecule has 0 fully saturated rings. The topological polar surface area (TPSA) is 51.8 Å². The van der Waals surface area contributed by atoms with Crippen molar-refractivity contribution in [2.24, 2.45) is 0 Å². The summed E-state index contributed by atoms with van der Waals surface area (Å²) in [5.74, 6) is 1.37. The molecular weight excluding hydrogens is 290 g/mol. The van der Waals surface area contributed by atoms with Crippen LogP contribution in [-0.4, -0.2) is 9.97 Å². The molecule has 2 aromatic carbocycles. The van der Waals surface area contributed by atoms with Crippen LogP contribution in [0.4, 0.5) is 5.82 Å². The van der Waals surface area contributed by atoms with E-state index < -0.39 is 0 Å². The second kappa shape index (κ2) is 7.09. The van der Waals surface area contributed by atoms with Gasteiger partial charge in [-0.25, -0.2) is 9.97 Å². The second-order valence-electron chi connectivity index (χ2n) is 5.00. The SMILES string of the molecule is Nc1cc(Cc2ccccc2)nc(SCc2ccccc2)n1. The summed E-state index contributed by atoms with van der Waals surface area (Å²) in [4.78, 5) is 8.94. The Morgan fingerprint density at radius 2 is 1.45 bits per heavy atom. The van der Waals surface area contributed by atoms with E-state index >= 15 is 0 Å². The number of nitrogens with two attached hydrogens (primary N) is 1. The maximum atomic E-state index is 5.92. The summed E-state index contributed by atoms with van der Waals surface area (Å²) >= 11 is 1.61. The number of thioether (sulfide) groups is 1. The molecule has 0 unspecified atom stereocenters. The van der Waals surface area contributed by atoms with Crippen LogP contribution in [0.25, 0.3) is 0 Å². The molecule has 0 aliphatic rings. The fourth-order valence-corrected chi connectivity index (χ4v) is 3.02. The zero-order valence-electron chi connectivity index (χ0n) is 12.1. The number of nitrogens with zero attached hydrogens (tertiary/aromatic N) is 2. The van der Waals surface area contributed by atoms with Crippen LogP contribution in [0.3, 0.4) is 0 Å². The van der Waals surface area contributed by atoms with Gasteiger partial charge in [0.1, 0.15) is 5.82 Å². The molecule has 2 N–H and O–H groups in total. The van der Waals surface area contributed by atoms with Crippen LogP contribution in [0.15, 0.2) is 71.9 Å². The van der Waals surface area contributed by atoms with Crippen molar-refractivity contribution in [2.45, 2.75) is 17.3 Å². The third-order valence-corrected chi connectivity index (χ3v) is 4.14. The van der Waals surface area contributed by atoms with Crippen molar-refractivity contribution in [3.8, 4) is 0 Å². The summed E-state index contributed by atoms with van der Waals surface area (Å²) < 4.78 is 0. The van der Waals surface area contributed by atoms with E-state index in [4.69, 9.17) is 5.73 Å². The normalized spacial score (nSPS) is 10.5. The summed E-state index contributed by atoms with van der Waals surface area (Å²) in [6, 6.07) is 22.4. The van der Waals surface area contributed by atoms with Gasteiger partial charge in [-0.3, -0.25) is 0 Å². The molecule has 0 amide bonds. The number of anilines is 1. The van der Waals surface area contributed by atoms with Gasteiger partial charge in [0.25, 0.3) is 0 Å². The summed E-state index contributed by atoms with van der Waals surface area (Å²) in [6.07, 6.45) is 0.770. The maximum absolute atomic E-state index is 5.92. The van der Waals surface area contributed by atoms with Crippen LogP contribution in [0.1, 0.15) is 16.8 Å². The van der Waals surface area contributed by atoms with Gasteiger partial charge in [0, 0.05) is 18.2 Å². The summed E-state index contributed by atoms with van der Waals surface area (Å²) in [5.41, 5.74) is 9.35. The maximum Gasteiger partial charge on any atom is 0.190 e. The van der Waals surface area contributed by atoms with Gasteiger partial charge >= 0.3 is 0 Å². The van der Waals surface area contributed by atoms with E-state index in [1.165, 1.54) is 11.1 Å². The van der Waals surface area contributed by atoms with Crippen molar-refractivity contribution in [3.05, 3.63) is 83.6 Å². The Balaban J connectivity index is 1.72. The van der Waals surface area contributed by atoms with Gasteiger partial charge < -0.3 is 5.73 Å². The number of nitrogen functional groups attached to an aromatic ring is 1. The lowest BCUT2D eigenvalue weighted by Crippen LogP contribution is -2.00. The molecule has 0 saturated carbocycles. The van der Waals surface area contributed by atoms with E-state index in [0.29, 0.717) is 5.82 Å². The smallest absolute Gasteiger partial charge is 0.190 e. The van der Waals surface area contributed by atoms with Gasteiger partial charge in [0.2, 0.25) is 0 Å². The Morgan fingerprint density at radius 1 is 0.818 bits per heavy atom. The van der Waals surface area contributed by atoms with Crippen LogP contribution < -0.4 is 5.73 Å². The second-order valence-corrected chi connectivity index (χ2v) is 5.95. The van der Waals surface area contributed by atoms with Gasteiger partial charge in [-0.05, 0) is 11.1 Å². The lowest BCUT2D eigenvalue weighted by atomic mass is 10.1. The first kappa shape index (κ1) is 14.6. The number of hydrogen-bond acceptors (Lipinski definition) is 4. The summed E-state index contributed by atoms with van der Waals surface area (Å²) in [5, 5.41) is 0.731. The monoisotopic (exact) mass is 307 g/mol. The van der Waals surface area contributed by atoms with Crippen molar-refractivity contribution in [2.75, 3.05) is 5.73 Å². The molecule has 0 aliphatic carbocycles. The molecule has 0 spiro atoms. The Morgan fingerprint density at radius 3 is 2.14 bits per heavy atom. The largest absolute Gasteiger partial charge is 0.384 e. The van der Waals surface area contributed by atoms with E-state index in [1.807, 2.05) is 42.5 Å². The average molecular weight is 307 g/mol.